The summed E-state index contributed by atoms with van der Waals surface area (Å²) in [5, 5.41) is 8.46. The Morgan fingerprint density at radius 2 is 1.64 bits per heavy atom. The van der Waals surface area contributed by atoms with Crippen molar-refractivity contribution < 1.29 is 33.5 Å². The number of hydrogen-bond donors (Lipinski definition) is 4. The lowest BCUT2D eigenvalue weighted by atomic mass is 9.85. The van der Waals surface area contributed by atoms with E-state index in [2.05, 4.69) is 16.0 Å². The molecule has 256 valence electrons. The molecule has 1 unspecified atom stereocenters. The number of carbonyl (C=O) groups excluding carboxylic acids is 6. The van der Waals surface area contributed by atoms with E-state index >= 15 is 0 Å². The summed E-state index contributed by atoms with van der Waals surface area (Å²) in [6.45, 7) is 9.96. The van der Waals surface area contributed by atoms with Crippen LogP contribution in [-0.2, 0) is 35.3 Å². The van der Waals surface area contributed by atoms with Gasteiger partial charge < -0.3 is 31.3 Å². The number of ether oxygens (including phenoxy) is 1. The van der Waals surface area contributed by atoms with Gasteiger partial charge in [0.15, 0.2) is 0 Å². The molecule has 12 nitrogen and oxygen atoms in total. The molecule has 5 amide bonds. The Balaban J connectivity index is 1.30. The van der Waals surface area contributed by atoms with E-state index in [-0.39, 0.29) is 29.8 Å². The number of benzene rings is 1. The molecule has 0 radical (unpaired) electrons. The molecule has 0 aromatic heterocycles. The van der Waals surface area contributed by atoms with E-state index in [1.54, 1.807) is 0 Å². The summed E-state index contributed by atoms with van der Waals surface area (Å²) < 4.78 is 5.63. The Kier molecular flexibility index (Phi) is 9.45. The van der Waals surface area contributed by atoms with Crippen LogP contribution in [-0.4, -0.2) is 70.6 Å². The third-order valence-corrected chi connectivity index (χ3v) is 10.7. The maximum atomic E-state index is 14.3. The number of ketones is 1. The van der Waals surface area contributed by atoms with Crippen molar-refractivity contribution in [1.82, 2.24) is 20.9 Å². The molecule has 4 fully saturated rings. The highest BCUT2D eigenvalue weighted by Gasteiger charge is 2.70. The zero-order chi connectivity index (χ0) is 34.3. The fourth-order valence-electron chi connectivity index (χ4n) is 7.58. The van der Waals surface area contributed by atoms with Gasteiger partial charge in [-0.1, -0.05) is 90.6 Å². The number of fused-ring (bicyclic) bond motifs is 1. The first-order valence-corrected chi connectivity index (χ1v) is 16.8. The molecule has 1 aliphatic heterocycles. The SMILES string of the molecule is CC(C)(C)[C@H](NC(=O)NC1(C(=O)OCc2ccccc2)CCCC1)C(=O)N1C[C@H]2[C@@H]([C@H]1C(=O)NC(CC1CC1)C(=O)C(N)=O)C2(C)C. The number of hydrogen-bond acceptors (Lipinski definition) is 7. The minimum atomic E-state index is -1.21. The van der Waals surface area contributed by atoms with Crippen molar-refractivity contribution in [3.8, 4) is 0 Å². The van der Waals surface area contributed by atoms with Gasteiger partial charge in [0.1, 0.15) is 24.2 Å². The van der Waals surface area contributed by atoms with Crippen molar-refractivity contribution in [2.24, 2.45) is 34.3 Å². The lowest BCUT2D eigenvalue weighted by molar-refractivity contribution is -0.152. The van der Waals surface area contributed by atoms with Crippen LogP contribution in [0, 0.1) is 28.6 Å². The maximum Gasteiger partial charge on any atom is 0.332 e. The Hall–Kier alpha value is -3.96. The minimum absolute atomic E-state index is 0.0616. The van der Waals surface area contributed by atoms with E-state index in [1.807, 2.05) is 65.0 Å². The molecule has 3 saturated carbocycles. The van der Waals surface area contributed by atoms with Crippen molar-refractivity contribution in [1.29, 1.82) is 0 Å². The highest BCUT2D eigenvalue weighted by atomic mass is 16.5. The van der Waals surface area contributed by atoms with Crippen molar-refractivity contribution in [2.45, 2.75) is 110 Å². The van der Waals surface area contributed by atoms with Crippen LogP contribution in [0.5, 0.6) is 0 Å². The minimum Gasteiger partial charge on any atom is -0.459 e. The predicted molar refractivity (Wildman–Crippen MR) is 172 cm³/mol. The Bertz CT molecular complexity index is 1410. The number of likely N-dealkylation sites (tertiary alicyclic amines) is 1. The molecule has 3 aliphatic carbocycles. The highest BCUT2D eigenvalue weighted by Crippen LogP contribution is 2.65. The lowest BCUT2D eigenvalue weighted by Crippen LogP contribution is -2.63. The third-order valence-electron chi connectivity index (χ3n) is 10.7. The van der Waals surface area contributed by atoms with E-state index < -0.39 is 64.6 Å². The molecule has 1 heterocycles. The third kappa shape index (κ3) is 7.31. The van der Waals surface area contributed by atoms with Crippen molar-refractivity contribution in [3.05, 3.63) is 35.9 Å². The summed E-state index contributed by atoms with van der Waals surface area (Å²) >= 11 is 0. The van der Waals surface area contributed by atoms with Gasteiger partial charge in [-0.15, -0.1) is 0 Å². The average molecular weight is 652 g/mol. The maximum absolute atomic E-state index is 14.3. The quantitative estimate of drug-likeness (QED) is 0.198. The Morgan fingerprint density at radius 3 is 2.21 bits per heavy atom. The Morgan fingerprint density at radius 1 is 1.00 bits per heavy atom. The van der Waals surface area contributed by atoms with Crippen LogP contribution in [0.15, 0.2) is 30.3 Å². The number of urea groups is 1. The second kappa shape index (κ2) is 12.9. The molecule has 5 rings (SSSR count). The van der Waals surface area contributed by atoms with E-state index in [0.717, 1.165) is 31.2 Å². The first-order valence-electron chi connectivity index (χ1n) is 16.8. The van der Waals surface area contributed by atoms with Crippen molar-refractivity contribution in [2.75, 3.05) is 6.54 Å². The molecule has 0 spiro atoms. The summed E-state index contributed by atoms with van der Waals surface area (Å²) in [4.78, 5) is 81.0. The zero-order valence-electron chi connectivity index (χ0n) is 28.1. The Labute approximate surface area is 276 Å². The largest absolute Gasteiger partial charge is 0.459 e. The molecule has 12 heteroatoms. The highest BCUT2D eigenvalue weighted by molar-refractivity contribution is 6.37. The van der Waals surface area contributed by atoms with Crippen molar-refractivity contribution >= 4 is 35.5 Å². The van der Waals surface area contributed by atoms with Crippen LogP contribution in [0.1, 0.15) is 85.1 Å². The number of nitrogens with one attached hydrogen (secondary N) is 3. The van der Waals surface area contributed by atoms with E-state index in [9.17, 15) is 28.8 Å². The summed E-state index contributed by atoms with van der Waals surface area (Å²) in [7, 11) is 0. The molecule has 1 saturated heterocycles. The van der Waals surface area contributed by atoms with Gasteiger partial charge in [0.2, 0.25) is 17.6 Å². The number of nitrogens with zero attached hydrogens (tertiary/aromatic N) is 1. The van der Waals surface area contributed by atoms with Crippen LogP contribution in [0.3, 0.4) is 0 Å². The van der Waals surface area contributed by atoms with Gasteiger partial charge >= 0.3 is 12.0 Å². The van der Waals surface area contributed by atoms with Gasteiger partial charge in [-0.25, -0.2) is 9.59 Å². The van der Waals surface area contributed by atoms with Crippen LogP contribution >= 0.6 is 0 Å². The van der Waals surface area contributed by atoms with Gasteiger partial charge in [-0.05, 0) is 53.4 Å². The molecule has 1 aromatic rings. The molecular formula is C35H49N5O7. The average Bonchev–Trinajstić information content (AvgIpc) is 3.75. The van der Waals surface area contributed by atoms with E-state index in [1.165, 1.54) is 4.90 Å². The van der Waals surface area contributed by atoms with E-state index in [4.69, 9.17) is 10.5 Å². The molecule has 0 bridgehead atoms. The van der Waals surface area contributed by atoms with Crippen molar-refractivity contribution in [3.63, 3.8) is 0 Å². The topological polar surface area (TPSA) is 177 Å². The number of rotatable bonds is 12. The van der Waals surface area contributed by atoms with Crippen LogP contribution < -0.4 is 21.7 Å². The number of primary amides is 1. The first-order chi connectivity index (χ1) is 22.0. The van der Waals surface area contributed by atoms with Gasteiger partial charge in [-0.3, -0.25) is 19.2 Å². The number of nitrogens with two attached hydrogens (primary N) is 1. The monoisotopic (exact) mass is 651 g/mol. The van der Waals surface area contributed by atoms with Gasteiger partial charge in [0.25, 0.3) is 5.91 Å². The molecule has 5 atom stereocenters. The fraction of sp³-hybridized carbons (Fsp3) is 0.657. The van der Waals surface area contributed by atoms with Crippen LogP contribution in [0.25, 0.3) is 0 Å². The smallest absolute Gasteiger partial charge is 0.332 e. The second-order valence-corrected chi connectivity index (χ2v) is 15.6. The summed E-state index contributed by atoms with van der Waals surface area (Å²) in [5.41, 5.74) is 3.96. The molecule has 5 N–H and O–H groups in total. The summed E-state index contributed by atoms with van der Waals surface area (Å²) in [6.07, 6.45) is 4.47. The van der Waals surface area contributed by atoms with Gasteiger partial charge in [-0.2, -0.15) is 0 Å². The van der Waals surface area contributed by atoms with Gasteiger partial charge in [0.05, 0.1) is 6.04 Å². The predicted octanol–water partition coefficient (Wildman–Crippen LogP) is 2.58. The number of carbonyl (C=O) groups is 6. The normalized spacial score (nSPS) is 25.1. The summed E-state index contributed by atoms with van der Waals surface area (Å²) in [6, 6.07) is 5.67. The first kappa shape index (κ1) is 34.4. The summed E-state index contributed by atoms with van der Waals surface area (Å²) in [5.74, 6) is -3.24. The van der Waals surface area contributed by atoms with Gasteiger partial charge in [0, 0.05) is 6.54 Å². The molecule has 4 aliphatic rings. The molecule has 47 heavy (non-hydrogen) atoms. The lowest BCUT2D eigenvalue weighted by Gasteiger charge is -2.38. The van der Waals surface area contributed by atoms with Crippen LogP contribution in [0.2, 0.25) is 0 Å². The fourth-order valence-corrected chi connectivity index (χ4v) is 7.58. The second-order valence-electron chi connectivity index (χ2n) is 15.6. The number of esters is 1. The number of piperidine rings is 1. The van der Waals surface area contributed by atoms with E-state index in [0.29, 0.717) is 25.8 Å². The molecule has 1 aromatic carbocycles. The number of amides is 5. The standard InChI is InChI=1S/C35H49N5O7/c1-33(2,3)27(38-32(46)39-35(15-9-10-16-35)31(45)47-19-21-11-7-6-8-12-21)30(44)40-18-22-24(34(22,4)5)25(40)29(43)37-23(17-20-13-14-20)26(41)28(36)42/h6-8,11-12,20,22-25,27H,9-10,13-19H2,1-5H3,(H2,36,42)(H,37,43)(H2,38,39,46)/t22-,23?,24-,25-,27+/m0/s1. The number of Topliss-reactive ketones (excluding diaryl/α,β-unsaturated/α-hetero) is 1. The molecular weight excluding hydrogens is 602 g/mol. The zero-order valence-corrected chi connectivity index (χ0v) is 28.1. The van der Waals surface area contributed by atoms with Crippen LogP contribution in [0.4, 0.5) is 4.79 Å².